The molecule has 0 aliphatic heterocycles. The number of carbonyl (C=O) groups is 3. The molecular weight excluding hydrogens is 1340 g/mol. The molecule has 0 amide bonds. The van der Waals surface area contributed by atoms with E-state index in [4.69, 9.17) is 32.3 Å². The summed E-state index contributed by atoms with van der Waals surface area (Å²) in [5, 5.41) is 20.6. The monoisotopic (exact) mass is 1490 g/mol. The molecule has 16 nitrogen and oxygen atoms in total. The third-order valence-electron chi connectivity index (χ3n) is 17.2. The first kappa shape index (κ1) is 98.9. The molecule has 103 heavy (non-hydrogen) atoms. The molecule has 5 atom stereocenters. The summed E-state index contributed by atoms with van der Waals surface area (Å²) in [6.45, 7) is 2.42. The van der Waals surface area contributed by atoms with Gasteiger partial charge in [-0.1, -0.05) is 316 Å². The Morgan fingerprint density at radius 3 is 0.816 bits per heavy atom. The minimum absolute atomic E-state index is 0.0814. The molecule has 0 aliphatic rings. The van der Waals surface area contributed by atoms with Gasteiger partial charge in [-0.05, 0) is 128 Å². The van der Waals surface area contributed by atoms with E-state index < -0.39 is 91.5 Å². The minimum Gasteiger partial charge on any atom is -0.463 e. The first-order chi connectivity index (χ1) is 50.2. The number of hydrogen-bond acceptors (Lipinski definition) is 14. The first-order valence-electron chi connectivity index (χ1n) is 40.8. The Balaban J connectivity index is 4.38. The van der Waals surface area contributed by atoms with Gasteiger partial charge in [-0.15, -0.1) is 0 Å². The lowest BCUT2D eigenvalue weighted by Crippen LogP contribution is -2.30. The van der Waals surface area contributed by atoms with Crippen molar-refractivity contribution in [2.45, 2.75) is 360 Å². The zero-order chi connectivity index (χ0) is 75.2. The van der Waals surface area contributed by atoms with Gasteiger partial charge < -0.3 is 34.2 Å². The standard InChI is InChI=1S/C85H148O16P2/c1-4-7-10-13-16-19-22-25-28-30-31-32-33-34-35-36-37-38-39-40-41-42-43-44-45-46-47-49-52-53-56-59-62-65-68-71-83(88)95-74-80(86)75-97-102(91,92)98-76-81(87)77-99-103(93,94)100-79-82(101-85(90)73-70-67-64-61-58-55-50-27-24-21-18-15-12-9-6-3)78-96-84(89)72-69-66-63-60-57-54-51-48-29-26-23-20-17-14-11-8-5-2/h8-9,11-12,16-21,25-29,31-32,34-35,50,80-82,86-87H,4-7,10,13-15,22-24,30,33,36-49,51-79H2,1-3H3,(H,91,92)(H,93,94)/b11-8-,12-9-,19-16-,20-17-,21-18-,28-25-,29-26-,32-31-,35-34-,50-27-. The number of allylic oxidation sites excluding steroid dienone is 20. The number of aliphatic hydroxyl groups is 2. The summed E-state index contributed by atoms with van der Waals surface area (Å²) < 4.78 is 61.1. The highest BCUT2D eigenvalue weighted by molar-refractivity contribution is 7.47. The normalized spacial score (nSPS) is 14.6. The van der Waals surface area contributed by atoms with E-state index in [1.54, 1.807) is 0 Å². The molecule has 18 heteroatoms. The van der Waals surface area contributed by atoms with Gasteiger partial charge in [-0.3, -0.25) is 32.5 Å². The maximum atomic E-state index is 12.9. The summed E-state index contributed by atoms with van der Waals surface area (Å²) in [6, 6.07) is 0. The second-order valence-electron chi connectivity index (χ2n) is 27.2. The van der Waals surface area contributed by atoms with Crippen molar-refractivity contribution in [1.82, 2.24) is 0 Å². The lowest BCUT2D eigenvalue weighted by atomic mass is 10.0. The zero-order valence-corrected chi connectivity index (χ0v) is 66.7. The van der Waals surface area contributed by atoms with Crippen LogP contribution in [-0.4, -0.2) is 95.9 Å². The van der Waals surface area contributed by atoms with Crippen LogP contribution >= 0.6 is 15.6 Å². The molecule has 0 spiro atoms. The molecule has 0 aromatic heterocycles. The fourth-order valence-electron chi connectivity index (χ4n) is 11.0. The second-order valence-corrected chi connectivity index (χ2v) is 30.1. The smallest absolute Gasteiger partial charge is 0.463 e. The van der Waals surface area contributed by atoms with Gasteiger partial charge in [0.2, 0.25) is 0 Å². The molecule has 0 heterocycles. The third kappa shape index (κ3) is 78.8. The maximum Gasteiger partial charge on any atom is 0.472 e. The zero-order valence-electron chi connectivity index (χ0n) is 65.0. The first-order valence-corrected chi connectivity index (χ1v) is 43.8. The molecule has 0 aliphatic carbocycles. The number of unbranched alkanes of at least 4 members (excludes halogenated alkanes) is 34. The molecule has 0 aromatic rings. The fourth-order valence-corrected chi connectivity index (χ4v) is 12.6. The van der Waals surface area contributed by atoms with Gasteiger partial charge in [0.25, 0.3) is 0 Å². The average Bonchev–Trinajstić information content (AvgIpc) is 0.927. The highest BCUT2D eigenvalue weighted by Crippen LogP contribution is 2.45. The summed E-state index contributed by atoms with van der Waals surface area (Å²) in [6.07, 6.45) is 92.7. The summed E-state index contributed by atoms with van der Waals surface area (Å²) in [5.41, 5.74) is 0. The number of esters is 3. The predicted octanol–water partition coefficient (Wildman–Crippen LogP) is 24.1. The molecular formula is C85H148O16P2. The molecule has 0 aromatic carbocycles. The molecule has 0 fully saturated rings. The van der Waals surface area contributed by atoms with E-state index in [9.17, 15) is 43.5 Å². The predicted molar refractivity (Wildman–Crippen MR) is 427 cm³/mol. The number of phosphoric acid groups is 2. The van der Waals surface area contributed by atoms with E-state index in [1.165, 1.54) is 128 Å². The van der Waals surface area contributed by atoms with Crippen LogP contribution in [0.4, 0.5) is 0 Å². The third-order valence-corrected chi connectivity index (χ3v) is 19.1. The van der Waals surface area contributed by atoms with E-state index >= 15 is 0 Å². The Bertz CT molecular complexity index is 2360. The quantitative estimate of drug-likeness (QED) is 0.0146. The minimum atomic E-state index is -4.94. The molecule has 0 radical (unpaired) electrons. The van der Waals surface area contributed by atoms with Gasteiger partial charge in [0.15, 0.2) is 6.10 Å². The van der Waals surface area contributed by atoms with Crippen molar-refractivity contribution in [1.29, 1.82) is 0 Å². The van der Waals surface area contributed by atoms with Gasteiger partial charge in [-0.25, -0.2) is 9.13 Å². The Morgan fingerprint density at radius 2 is 0.515 bits per heavy atom. The van der Waals surface area contributed by atoms with Crippen LogP contribution in [0.1, 0.15) is 342 Å². The van der Waals surface area contributed by atoms with Gasteiger partial charge in [0.1, 0.15) is 25.4 Å². The Hall–Kier alpha value is -4.05. The topological polar surface area (TPSA) is 231 Å². The average molecular weight is 1490 g/mol. The highest BCUT2D eigenvalue weighted by Gasteiger charge is 2.29. The molecule has 5 unspecified atom stereocenters. The van der Waals surface area contributed by atoms with Crippen molar-refractivity contribution in [3.8, 4) is 0 Å². The Kier molecular flexibility index (Phi) is 74.5. The largest absolute Gasteiger partial charge is 0.472 e. The van der Waals surface area contributed by atoms with Crippen molar-refractivity contribution in [3.63, 3.8) is 0 Å². The van der Waals surface area contributed by atoms with Crippen molar-refractivity contribution in [3.05, 3.63) is 122 Å². The van der Waals surface area contributed by atoms with Crippen LogP contribution in [0, 0.1) is 0 Å². The second kappa shape index (κ2) is 77.6. The summed E-state index contributed by atoms with van der Waals surface area (Å²) in [4.78, 5) is 58.6. The van der Waals surface area contributed by atoms with Crippen molar-refractivity contribution >= 4 is 33.6 Å². The van der Waals surface area contributed by atoms with Crippen molar-refractivity contribution in [2.24, 2.45) is 0 Å². The van der Waals surface area contributed by atoms with Crippen molar-refractivity contribution < 1.29 is 75.8 Å². The summed E-state index contributed by atoms with van der Waals surface area (Å²) >= 11 is 0. The highest BCUT2D eigenvalue weighted by atomic mass is 31.2. The van der Waals surface area contributed by atoms with Crippen LogP contribution in [0.25, 0.3) is 0 Å². The van der Waals surface area contributed by atoms with Crippen LogP contribution < -0.4 is 0 Å². The van der Waals surface area contributed by atoms with E-state index in [2.05, 4.69) is 142 Å². The number of rotatable bonds is 77. The van der Waals surface area contributed by atoms with Crippen molar-refractivity contribution in [2.75, 3.05) is 39.6 Å². The van der Waals surface area contributed by atoms with Gasteiger partial charge in [-0.2, -0.15) is 0 Å². The van der Waals surface area contributed by atoms with Crippen LogP contribution in [0.3, 0.4) is 0 Å². The van der Waals surface area contributed by atoms with Crippen LogP contribution in [-0.2, 0) is 55.8 Å². The fraction of sp³-hybridized carbons (Fsp3) is 0.729. The number of aliphatic hydroxyl groups excluding tert-OH is 2. The maximum absolute atomic E-state index is 12.9. The SMILES string of the molecule is CC/C=C\C/C=C\C/C=C\CCCCCCCCCC(=O)OCC(COP(=O)(O)OCC(O)COP(=O)(O)OCC(O)COC(=O)CCCCCCCCCCCCCCCCCCCCC/C=C\C/C=C\C/C=C\C/C=C\CCCCC)OC(=O)CCCCCCC/C=C\C/C=C\C/C=C\CC. The Morgan fingerprint density at radius 1 is 0.282 bits per heavy atom. The molecule has 594 valence electrons. The van der Waals surface area contributed by atoms with Gasteiger partial charge >= 0.3 is 33.6 Å². The van der Waals surface area contributed by atoms with E-state index in [-0.39, 0.29) is 19.3 Å². The van der Waals surface area contributed by atoms with E-state index in [0.29, 0.717) is 19.3 Å². The summed E-state index contributed by atoms with van der Waals surface area (Å²) in [7, 11) is -9.79. The number of phosphoric ester groups is 2. The number of ether oxygens (including phenoxy) is 3. The van der Waals surface area contributed by atoms with Gasteiger partial charge in [0.05, 0.1) is 26.4 Å². The van der Waals surface area contributed by atoms with Crippen LogP contribution in [0.15, 0.2) is 122 Å². The Labute approximate surface area is 627 Å². The molecule has 0 rings (SSSR count). The number of hydrogen-bond donors (Lipinski definition) is 4. The lowest BCUT2D eigenvalue weighted by Gasteiger charge is -2.21. The molecule has 0 saturated carbocycles. The van der Waals surface area contributed by atoms with Gasteiger partial charge in [0, 0.05) is 19.3 Å². The van der Waals surface area contributed by atoms with E-state index in [1.807, 2.05) is 0 Å². The summed E-state index contributed by atoms with van der Waals surface area (Å²) in [5.74, 6) is -1.60. The van der Waals surface area contributed by atoms with Crippen LogP contribution in [0.5, 0.6) is 0 Å². The lowest BCUT2D eigenvalue weighted by molar-refractivity contribution is -0.161. The van der Waals surface area contributed by atoms with Crippen LogP contribution in [0.2, 0.25) is 0 Å². The molecule has 4 N–H and O–H groups in total. The molecule has 0 bridgehead atoms. The van der Waals surface area contributed by atoms with E-state index in [0.717, 1.165) is 154 Å². The number of carbonyl (C=O) groups excluding carboxylic acids is 3. The molecule has 0 saturated heterocycles.